The molecule has 0 unspecified atom stereocenters. The molecule has 4 aromatic carbocycles. The molecule has 9 rings (SSSR count). The molecule has 1 N–H and O–H groups in total. The number of aliphatic hydroxyl groups is 1. The number of benzene rings is 4. The number of nitrogens with zero attached hydrogens (tertiary/aromatic N) is 2. The van der Waals surface area contributed by atoms with Crippen molar-refractivity contribution in [3.63, 3.8) is 0 Å². The molecule has 1 fully saturated rings. The van der Waals surface area contributed by atoms with Gasteiger partial charge in [-0.2, -0.15) is 0 Å². The quantitative estimate of drug-likeness (QED) is 0.117. The van der Waals surface area contributed by atoms with Crippen molar-refractivity contribution in [1.82, 2.24) is 9.80 Å². The Kier molecular flexibility index (Phi) is 12.8. The van der Waals surface area contributed by atoms with Crippen molar-refractivity contribution in [2.24, 2.45) is 17.8 Å². The molecular formula is C53H64N2O8. The lowest BCUT2D eigenvalue weighted by molar-refractivity contribution is -0.171. The zero-order valence-electron chi connectivity index (χ0n) is 37.9. The summed E-state index contributed by atoms with van der Waals surface area (Å²) in [7, 11) is 6.77. The molecule has 63 heavy (non-hydrogen) atoms. The molecule has 7 atom stereocenters. The summed E-state index contributed by atoms with van der Waals surface area (Å²) in [6.07, 6.45) is 8.08. The van der Waals surface area contributed by atoms with Crippen molar-refractivity contribution in [2.75, 3.05) is 61.3 Å². The van der Waals surface area contributed by atoms with Gasteiger partial charge < -0.3 is 38.4 Å². The topological polar surface area (TPSA) is 99.2 Å². The van der Waals surface area contributed by atoms with Crippen LogP contribution in [0, 0.1) is 17.8 Å². The van der Waals surface area contributed by atoms with E-state index in [1.165, 1.54) is 44.5 Å². The van der Waals surface area contributed by atoms with Gasteiger partial charge in [0.15, 0.2) is 28.8 Å². The van der Waals surface area contributed by atoms with Crippen molar-refractivity contribution in [3.8, 4) is 34.1 Å². The molecule has 334 valence electrons. The van der Waals surface area contributed by atoms with E-state index in [-0.39, 0.29) is 36.4 Å². The molecular weight excluding hydrogens is 793 g/mol. The van der Waals surface area contributed by atoms with Gasteiger partial charge in [0.05, 0.1) is 34.5 Å². The molecule has 0 aromatic heterocycles. The Morgan fingerprint density at radius 2 is 1.46 bits per heavy atom. The zero-order valence-corrected chi connectivity index (χ0v) is 37.9. The minimum absolute atomic E-state index is 0.0743. The highest BCUT2D eigenvalue weighted by molar-refractivity contribution is 5.92. The number of piperidine rings is 1. The number of allylic oxidation sites excluding steroid dienone is 1. The Morgan fingerprint density at radius 3 is 2.17 bits per heavy atom. The van der Waals surface area contributed by atoms with Crippen LogP contribution >= 0.6 is 0 Å². The van der Waals surface area contributed by atoms with Crippen LogP contribution in [0.15, 0.2) is 78.6 Å². The number of hydrogen-bond acceptors (Lipinski definition) is 9. The Balaban J connectivity index is 1.11. The van der Waals surface area contributed by atoms with Crippen molar-refractivity contribution in [1.29, 1.82) is 0 Å². The predicted octanol–water partition coefficient (Wildman–Crippen LogP) is 9.20. The minimum atomic E-state index is -0.647. The molecule has 0 radical (unpaired) electrons. The number of methoxy groups -OCH3 is 4. The van der Waals surface area contributed by atoms with Crippen LogP contribution in [-0.4, -0.2) is 88.4 Å². The van der Waals surface area contributed by atoms with Crippen LogP contribution in [0.5, 0.6) is 23.0 Å². The van der Waals surface area contributed by atoms with Gasteiger partial charge in [0, 0.05) is 50.7 Å². The Bertz CT molecular complexity index is 2340. The van der Waals surface area contributed by atoms with Crippen LogP contribution in [0.2, 0.25) is 0 Å². The highest BCUT2D eigenvalue weighted by Crippen LogP contribution is 2.51. The predicted molar refractivity (Wildman–Crippen MR) is 244 cm³/mol. The maximum atomic E-state index is 15.6. The second kappa shape index (κ2) is 18.6. The zero-order chi connectivity index (χ0) is 43.8. The fraction of sp³-hybridized carbons (Fsp3) is 0.491. The highest BCUT2D eigenvalue weighted by atomic mass is 16.7. The standard InChI is InChI=1S/C53H64N2O8/c1-7-32-31-54-20-18-34-26-47(58-3)49(60-5)28-41(34)45(54)24-36(32)25-46-42-29-50(61-6)48(59-4)27-35(42)19-21-55(46)52(57)51-30-44(40(17-12-22-56)53(63-51)62-8-2)39-16-11-15-38-37-14-10-9-13-33(37)23-43(38)39/h9-11,13-16,26-30,32,36,40,44-46,53,56H,7-8,12,17-25,31H2,1-6H3/t32-,36+,40+,44-,45-,46+,53-/m0/s1. The van der Waals surface area contributed by atoms with E-state index in [9.17, 15) is 5.11 Å². The number of hydrogen-bond donors (Lipinski definition) is 1. The molecule has 4 aromatic rings. The Labute approximate surface area is 373 Å². The summed E-state index contributed by atoms with van der Waals surface area (Å²) in [5, 5.41) is 10.1. The normalized spacial score (nSPS) is 24.8. The van der Waals surface area contributed by atoms with E-state index < -0.39 is 6.29 Å². The van der Waals surface area contributed by atoms with Gasteiger partial charge in [-0.15, -0.1) is 0 Å². The van der Waals surface area contributed by atoms with Crippen molar-refractivity contribution in [2.45, 2.75) is 89.5 Å². The number of carbonyl (C=O) groups excluding carboxylic acids is 1. The molecule has 10 heteroatoms. The number of aliphatic hydroxyl groups excluding tert-OH is 1. The van der Waals surface area contributed by atoms with Gasteiger partial charge in [0.2, 0.25) is 6.29 Å². The highest BCUT2D eigenvalue weighted by Gasteiger charge is 2.45. The molecule has 0 saturated carbocycles. The number of carbonyl (C=O) groups is 1. The molecule has 4 aliphatic heterocycles. The van der Waals surface area contributed by atoms with E-state index in [1.54, 1.807) is 28.4 Å². The third kappa shape index (κ3) is 7.97. The molecule has 4 heterocycles. The maximum Gasteiger partial charge on any atom is 0.289 e. The first-order valence-corrected chi connectivity index (χ1v) is 23.2. The van der Waals surface area contributed by atoms with Gasteiger partial charge in [-0.1, -0.05) is 55.8 Å². The third-order valence-electron chi connectivity index (χ3n) is 15.0. The van der Waals surface area contributed by atoms with Crippen LogP contribution in [0.4, 0.5) is 0 Å². The second-order valence-corrected chi connectivity index (χ2v) is 18.0. The van der Waals surface area contributed by atoms with Gasteiger partial charge in [-0.3, -0.25) is 9.69 Å². The van der Waals surface area contributed by atoms with Gasteiger partial charge in [0.1, 0.15) is 0 Å². The largest absolute Gasteiger partial charge is 0.493 e. The maximum absolute atomic E-state index is 15.6. The number of ether oxygens (including phenoxy) is 6. The molecule has 1 amide bonds. The number of amides is 1. The molecule has 1 saturated heterocycles. The van der Waals surface area contributed by atoms with Crippen LogP contribution in [-0.2, 0) is 33.5 Å². The van der Waals surface area contributed by atoms with E-state index in [0.717, 1.165) is 62.3 Å². The summed E-state index contributed by atoms with van der Waals surface area (Å²) in [4.78, 5) is 20.3. The smallest absolute Gasteiger partial charge is 0.289 e. The Hall–Kier alpha value is -5.03. The van der Waals surface area contributed by atoms with Crippen molar-refractivity contribution < 1.29 is 38.3 Å². The summed E-state index contributed by atoms with van der Waals surface area (Å²) >= 11 is 0. The Morgan fingerprint density at radius 1 is 0.778 bits per heavy atom. The lowest BCUT2D eigenvalue weighted by atomic mass is 9.72. The fourth-order valence-electron chi connectivity index (χ4n) is 11.8. The molecule has 10 nitrogen and oxygen atoms in total. The van der Waals surface area contributed by atoms with Gasteiger partial charge in [-0.25, -0.2) is 0 Å². The minimum Gasteiger partial charge on any atom is -0.493 e. The van der Waals surface area contributed by atoms with E-state index in [0.29, 0.717) is 61.5 Å². The summed E-state index contributed by atoms with van der Waals surface area (Å²) in [6, 6.07) is 23.8. The van der Waals surface area contributed by atoms with E-state index >= 15 is 4.79 Å². The summed E-state index contributed by atoms with van der Waals surface area (Å²) in [5.74, 6) is 3.66. The SMILES string of the molecule is CCO[C@H]1OC(C(=O)N2CCc3cc(OC)c(OC)cc3[C@H]2C[C@H]2C[C@H]3c4cc(OC)c(OC)cc4CCN3C[C@@H]2CC)=C[C@@H](c2cccc3c2Cc2ccccc2-3)[C@H]1CCCO. The van der Waals surface area contributed by atoms with Gasteiger partial charge >= 0.3 is 0 Å². The number of rotatable bonds is 14. The average Bonchev–Trinajstić information content (AvgIpc) is 3.71. The van der Waals surface area contributed by atoms with Crippen LogP contribution in [0.25, 0.3) is 11.1 Å². The average molecular weight is 857 g/mol. The first-order chi connectivity index (χ1) is 30.8. The lowest BCUT2D eigenvalue weighted by Crippen LogP contribution is -2.48. The first-order valence-electron chi connectivity index (χ1n) is 23.2. The fourth-order valence-corrected chi connectivity index (χ4v) is 11.8. The van der Waals surface area contributed by atoms with Gasteiger partial charge in [0.25, 0.3) is 5.91 Å². The summed E-state index contributed by atoms with van der Waals surface area (Å²) < 4.78 is 36.5. The van der Waals surface area contributed by atoms with E-state index in [4.69, 9.17) is 28.4 Å². The van der Waals surface area contributed by atoms with E-state index in [1.807, 2.05) is 6.92 Å². The third-order valence-corrected chi connectivity index (χ3v) is 15.0. The summed E-state index contributed by atoms with van der Waals surface area (Å²) in [5.41, 5.74) is 11.2. The van der Waals surface area contributed by atoms with Crippen LogP contribution < -0.4 is 18.9 Å². The molecule has 5 aliphatic rings. The van der Waals surface area contributed by atoms with Crippen LogP contribution in [0.1, 0.15) is 103 Å². The molecule has 1 aliphatic carbocycles. The lowest BCUT2D eigenvalue weighted by Gasteiger charge is -2.49. The second-order valence-electron chi connectivity index (χ2n) is 18.0. The van der Waals surface area contributed by atoms with Crippen LogP contribution in [0.3, 0.4) is 0 Å². The van der Waals surface area contributed by atoms with E-state index in [2.05, 4.69) is 89.5 Å². The molecule has 0 bridgehead atoms. The van der Waals surface area contributed by atoms with Gasteiger partial charge in [-0.05, 0) is 144 Å². The monoisotopic (exact) mass is 856 g/mol. The first kappa shape index (κ1) is 43.2. The molecule has 0 spiro atoms. The van der Waals surface area contributed by atoms with Crippen molar-refractivity contribution >= 4 is 5.91 Å². The summed E-state index contributed by atoms with van der Waals surface area (Å²) in [6.45, 7) is 7.36. The van der Waals surface area contributed by atoms with Crippen molar-refractivity contribution in [3.05, 3.63) is 118 Å². The number of fused-ring (bicyclic) bond motifs is 7.